The Balaban J connectivity index is 0. The molecule has 188 valence electrons. The van der Waals surface area contributed by atoms with Crippen molar-refractivity contribution in [3.05, 3.63) is 91.0 Å². The van der Waals surface area contributed by atoms with Gasteiger partial charge in [-0.15, -0.1) is 0 Å². The van der Waals surface area contributed by atoms with Crippen molar-refractivity contribution in [1.29, 1.82) is 0 Å². The van der Waals surface area contributed by atoms with E-state index in [1.165, 1.54) is 0 Å². The van der Waals surface area contributed by atoms with Gasteiger partial charge in [-0.2, -0.15) is 10.2 Å². The number of benzene rings is 1. The minimum atomic E-state index is -1.08. The molecule has 10 nitrogen and oxygen atoms in total. The van der Waals surface area contributed by atoms with Gasteiger partial charge in [0.1, 0.15) is 5.75 Å². The van der Waals surface area contributed by atoms with Crippen molar-refractivity contribution >= 4 is 23.3 Å². The summed E-state index contributed by atoms with van der Waals surface area (Å²) in [6.07, 6.45) is 7.00. The summed E-state index contributed by atoms with van der Waals surface area (Å²) in [4.78, 5) is 16.5. The van der Waals surface area contributed by atoms with Crippen LogP contribution in [0.4, 0.5) is 0 Å². The van der Waals surface area contributed by atoms with Crippen molar-refractivity contribution in [3.8, 4) is 5.75 Å². The van der Waals surface area contributed by atoms with E-state index in [-0.39, 0.29) is 16.5 Å². The Hall–Kier alpha value is -4.11. The Labute approximate surface area is 214 Å². The second-order valence-corrected chi connectivity index (χ2v) is 6.05. The fourth-order valence-corrected chi connectivity index (χ4v) is 1.68. The number of carboxylic acid groups (broad SMARTS) is 1. The van der Waals surface area contributed by atoms with E-state index < -0.39 is 11.9 Å². The number of nitrogens with zero attached hydrogens (tertiary/aromatic N) is 5. The van der Waals surface area contributed by atoms with Crippen LogP contribution in [0.1, 0.15) is 26.3 Å². The molecule has 0 amide bonds. The number of aliphatic carboxylic acids is 1. The number of ether oxygens (including phenoxy) is 1. The summed E-state index contributed by atoms with van der Waals surface area (Å²) in [5.74, 6) is -0.891. The largest absolute Gasteiger partial charge is 2.00 e. The number of methoxy groups -OCH3 is 1. The van der Waals surface area contributed by atoms with E-state index in [1.807, 2.05) is 36.4 Å². The van der Waals surface area contributed by atoms with Crippen LogP contribution in [0.15, 0.2) is 101 Å². The molecule has 3 rings (SSSR count). The summed E-state index contributed by atoms with van der Waals surface area (Å²) >= 11 is 0. The van der Waals surface area contributed by atoms with Crippen LogP contribution in [0.5, 0.6) is 5.75 Å². The first-order valence-corrected chi connectivity index (χ1v) is 9.82. The minimum Gasteiger partial charge on any atom is -0.857 e. The molecule has 2 heterocycles. The maximum absolute atomic E-state index is 11.6. The summed E-state index contributed by atoms with van der Waals surface area (Å²) in [5, 5.41) is 39.2. The second-order valence-electron chi connectivity index (χ2n) is 6.05. The van der Waals surface area contributed by atoms with E-state index in [2.05, 4.69) is 25.3 Å². The number of carboxylic acids is 1. The minimum absolute atomic E-state index is 0. The van der Waals surface area contributed by atoms with Gasteiger partial charge in [-0.05, 0) is 62.7 Å². The molecule has 0 atom stereocenters. The maximum atomic E-state index is 11.6. The molecule has 0 radical (unpaired) electrons. The van der Waals surface area contributed by atoms with Gasteiger partial charge in [-0.3, -0.25) is 9.97 Å². The smallest absolute Gasteiger partial charge is 0.857 e. The molecular formula is C24H27N5NiO5. The molecule has 0 fully saturated rings. The molecule has 0 saturated carbocycles. The SMILES string of the molecule is CC(=O)[O-].COc1ccc(/C([O-])=N/N=C(C)/C(C)=N/O)cc1.[Ni+2].c1ccncc1.c1ccncc1. The van der Waals surface area contributed by atoms with Crippen LogP contribution in [0, 0.1) is 0 Å². The first-order valence-electron chi connectivity index (χ1n) is 9.82. The standard InChI is InChI=1S/C12H15N3O3.2C5H5N.C2H4O2.Ni/c1-8(9(2)15-17)13-14-12(16)10-4-6-11(18-3)7-5-10;2*1-2-4-6-5-3-1;1-2(3)4;/h4-7,17H,1-3H3,(H,14,16);2*1-5H;1H3,(H,3,4);/q;;;;+2/p-2/b13-8+,15-9+;;;;. The van der Waals surface area contributed by atoms with Crippen molar-refractivity contribution in [2.24, 2.45) is 15.4 Å². The fraction of sp³-hybridized carbons (Fsp3) is 0.167. The first-order chi connectivity index (χ1) is 16.3. The number of oxime groups is 1. The van der Waals surface area contributed by atoms with Crippen molar-refractivity contribution in [2.75, 3.05) is 7.11 Å². The number of hydrogen-bond acceptors (Lipinski definition) is 10. The normalized spacial score (nSPS) is 10.5. The monoisotopic (exact) mass is 523 g/mol. The van der Waals surface area contributed by atoms with E-state index >= 15 is 0 Å². The Morgan fingerprint density at radius 1 is 0.800 bits per heavy atom. The van der Waals surface area contributed by atoms with Crippen LogP contribution in [-0.2, 0) is 21.3 Å². The van der Waals surface area contributed by atoms with Gasteiger partial charge < -0.3 is 25.0 Å². The summed E-state index contributed by atoms with van der Waals surface area (Å²) in [6.45, 7) is 4.13. The van der Waals surface area contributed by atoms with Crippen LogP contribution >= 0.6 is 0 Å². The molecule has 1 aromatic carbocycles. The van der Waals surface area contributed by atoms with Crippen molar-refractivity contribution in [3.63, 3.8) is 0 Å². The Morgan fingerprint density at radius 3 is 1.51 bits per heavy atom. The predicted octanol–water partition coefficient (Wildman–Crippen LogP) is 1.95. The first kappa shape index (κ1) is 33.1. The van der Waals surface area contributed by atoms with Crippen molar-refractivity contribution in [2.45, 2.75) is 20.8 Å². The zero-order valence-electron chi connectivity index (χ0n) is 19.7. The topological polar surface area (TPSA) is 156 Å². The van der Waals surface area contributed by atoms with E-state index in [0.717, 1.165) is 6.92 Å². The second kappa shape index (κ2) is 21.7. The average Bonchev–Trinajstić information content (AvgIpc) is 2.89. The van der Waals surface area contributed by atoms with E-state index in [1.54, 1.807) is 70.0 Å². The summed E-state index contributed by atoms with van der Waals surface area (Å²) in [6, 6.07) is 18.0. The summed E-state index contributed by atoms with van der Waals surface area (Å²) in [5.41, 5.74) is 1.09. The van der Waals surface area contributed by atoms with Gasteiger partial charge in [0.25, 0.3) is 0 Å². The molecule has 0 aliphatic carbocycles. The van der Waals surface area contributed by atoms with Gasteiger partial charge in [0.05, 0.1) is 18.5 Å². The number of hydrogen-bond donors (Lipinski definition) is 1. The predicted molar refractivity (Wildman–Crippen MR) is 127 cm³/mol. The number of rotatable bonds is 4. The quantitative estimate of drug-likeness (QED) is 0.180. The van der Waals surface area contributed by atoms with Gasteiger partial charge in [0, 0.05) is 36.7 Å². The number of carbonyl (C=O) groups excluding carboxylic acids is 1. The molecule has 0 spiro atoms. The van der Waals surface area contributed by atoms with Crippen molar-refractivity contribution < 1.29 is 41.4 Å². The summed E-state index contributed by atoms with van der Waals surface area (Å²) < 4.78 is 4.98. The molecule has 11 heteroatoms. The molecule has 35 heavy (non-hydrogen) atoms. The third kappa shape index (κ3) is 19.1. The number of aromatic nitrogens is 2. The third-order valence-electron chi connectivity index (χ3n) is 3.43. The van der Waals surface area contributed by atoms with Gasteiger partial charge >= 0.3 is 16.5 Å². The molecule has 2 aromatic heterocycles. The third-order valence-corrected chi connectivity index (χ3v) is 3.43. The Morgan fingerprint density at radius 2 is 1.23 bits per heavy atom. The van der Waals surface area contributed by atoms with Crippen molar-refractivity contribution in [1.82, 2.24) is 9.97 Å². The van der Waals surface area contributed by atoms with Gasteiger partial charge in [0.2, 0.25) is 0 Å². The molecule has 0 unspecified atom stereocenters. The zero-order valence-corrected chi connectivity index (χ0v) is 20.7. The molecule has 0 aliphatic rings. The van der Waals surface area contributed by atoms with Crippen LogP contribution in [0.25, 0.3) is 0 Å². The molecule has 1 N–H and O–H groups in total. The molecule has 0 saturated heterocycles. The molecule has 0 bridgehead atoms. The van der Waals surface area contributed by atoms with Crippen LogP contribution in [-0.4, -0.2) is 45.6 Å². The van der Waals surface area contributed by atoms with Gasteiger partial charge in [0.15, 0.2) is 0 Å². The molecule has 0 aliphatic heterocycles. The summed E-state index contributed by atoms with van der Waals surface area (Å²) in [7, 11) is 1.55. The molecule has 3 aromatic rings. The van der Waals surface area contributed by atoms with E-state index in [4.69, 9.17) is 19.8 Å². The van der Waals surface area contributed by atoms with Crippen LogP contribution in [0.2, 0.25) is 0 Å². The van der Waals surface area contributed by atoms with E-state index in [9.17, 15) is 5.11 Å². The Kier molecular flexibility index (Phi) is 20.5. The zero-order chi connectivity index (χ0) is 25.6. The van der Waals surface area contributed by atoms with Crippen LogP contribution < -0.4 is 14.9 Å². The van der Waals surface area contributed by atoms with E-state index in [0.29, 0.717) is 22.7 Å². The number of carbonyl (C=O) groups is 1. The Bertz CT molecular complexity index is 927. The van der Waals surface area contributed by atoms with Crippen LogP contribution in [0.3, 0.4) is 0 Å². The van der Waals surface area contributed by atoms with Gasteiger partial charge in [-0.1, -0.05) is 29.4 Å². The number of pyridine rings is 2. The molecular weight excluding hydrogens is 497 g/mol. The maximum Gasteiger partial charge on any atom is 2.00 e. The van der Waals surface area contributed by atoms with Gasteiger partial charge in [-0.25, -0.2) is 0 Å². The fourth-order valence-electron chi connectivity index (χ4n) is 1.68. The average molecular weight is 524 g/mol.